The number of carbonyl (C=O) groups is 1. The van der Waals surface area contributed by atoms with Crippen molar-refractivity contribution in [2.24, 2.45) is 5.92 Å². The molecule has 130 valence electrons. The monoisotopic (exact) mass is 373 g/mol. The number of halogens is 3. The summed E-state index contributed by atoms with van der Waals surface area (Å²) in [4.78, 5) is 16.2. The smallest absolute Gasteiger partial charge is 0.270 e. The Morgan fingerprint density at radius 1 is 1.38 bits per heavy atom. The summed E-state index contributed by atoms with van der Waals surface area (Å²) < 4.78 is 27.5. The molecule has 1 aliphatic heterocycles. The van der Waals surface area contributed by atoms with E-state index >= 15 is 0 Å². The summed E-state index contributed by atoms with van der Waals surface area (Å²) in [7, 11) is 0. The van der Waals surface area contributed by atoms with Crippen LogP contribution in [0.1, 0.15) is 23.3 Å². The highest BCUT2D eigenvalue weighted by Crippen LogP contribution is 2.28. The van der Waals surface area contributed by atoms with Crippen molar-refractivity contribution in [3.05, 3.63) is 40.9 Å². The third kappa shape index (κ3) is 4.28. The van der Waals surface area contributed by atoms with Crippen LogP contribution < -0.4 is 10.6 Å². The van der Waals surface area contributed by atoms with Crippen molar-refractivity contribution >= 4 is 29.7 Å². The topological polar surface area (TPSA) is 54.0 Å². The highest BCUT2D eigenvalue weighted by molar-refractivity contribution is 7.13. The molecule has 1 saturated heterocycles. The lowest BCUT2D eigenvalue weighted by atomic mass is 10.00. The second-order valence-electron chi connectivity index (χ2n) is 5.56. The molecule has 0 aliphatic carbocycles. The van der Waals surface area contributed by atoms with E-state index in [4.69, 9.17) is 0 Å². The molecule has 1 aromatic heterocycles. The molecule has 0 radical (unpaired) electrons. The number of carbonyl (C=O) groups excluding carboxylic acids is 1. The first-order chi connectivity index (χ1) is 11.1. The van der Waals surface area contributed by atoms with Gasteiger partial charge in [-0.25, -0.2) is 13.8 Å². The Kier molecular flexibility index (Phi) is 6.65. The number of piperidine rings is 1. The van der Waals surface area contributed by atoms with Gasteiger partial charge in [0.1, 0.15) is 22.3 Å². The van der Waals surface area contributed by atoms with E-state index in [9.17, 15) is 13.6 Å². The fraction of sp³-hybridized carbons (Fsp3) is 0.375. The number of benzene rings is 1. The van der Waals surface area contributed by atoms with Gasteiger partial charge in [0, 0.05) is 11.9 Å². The zero-order chi connectivity index (χ0) is 16.2. The second-order valence-corrected chi connectivity index (χ2v) is 6.42. The average Bonchev–Trinajstić information content (AvgIpc) is 3.03. The van der Waals surface area contributed by atoms with Gasteiger partial charge in [0.25, 0.3) is 5.91 Å². The van der Waals surface area contributed by atoms with Crippen molar-refractivity contribution < 1.29 is 13.6 Å². The van der Waals surface area contributed by atoms with Crippen LogP contribution >= 0.6 is 23.7 Å². The molecule has 3 rings (SSSR count). The molecule has 1 unspecified atom stereocenters. The number of nitrogens with zero attached hydrogens (tertiary/aromatic N) is 1. The van der Waals surface area contributed by atoms with Gasteiger partial charge in [0.2, 0.25) is 0 Å². The fourth-order valence-corrected chi connectivity index (χ4v) is 3.47. The molecule has 1 amide bonds. The molecule has 0 bridgehead atoms. The Balaban J connectivity index is 0.00000208. The standard InChI is InChI=1S/C16H17F2N3OS.ClH/c17-11-4-1-5-12(18)14(11)16-21-13(9-23-16)15(22)20-8-10-3-2-6-19-7-10;/h1,4-5,9-10,19H,2-3,6-8H2,(H,20,22);1H. The van der Waals surface area contributed by atoms with Gasteiger partial charge in [-0.15, -0.1) is 23.7 Å². The van der Waals surface area contributed by atoms with Gasteiger partial charge in [0.05, 0.1) is 5.56 Å². The molecular formula is C16H18ClF2N3OS. The number of amides is 1. The summed E-state index contributed by atoms with van der Waals surface area (Å²) in [5.74, 6) is -1.26. The van der Waals surface area contributed by atoms with Crippen LogP contribution in [-0.4, -0.2) is 30.5 Å². The van der Waals surface area contributed by atoms with E-state index in [1.807, 2.05) is 0 Å². The van der Waals surface area contributed by atoms with Crippen LogP contribution in [-0.2, 0) is 0 Å². The quantitative estimate of drug-likeness (QED) is 0.865. The van der Waals surface area contributed by atoms with Crippen molar-refractivity contribution in [1.29, 1.82) is 0 Å². The first-order valence-electron chi connectivity index (χ1n) is 7.54. The van der Waals surface area contributed by atoms with Crippen LogP contribution in [0, 0.1) is 17.6 Å². The average molecular weight is 374 g/mol. The first kappa shape index (κ1) is 18.8. The molecule has 2 N–H and O–H groups in total. The SMILES string of the molecule is Cl.O=C(NCC1CCCNC1)c1csc(-c2c(F)cccc2F)n1. The molecule has 2 aromatic rings. The van der Waals surface area contributed by atoms with E-state index in [1.165, 1.54) is 23.6 Å². The molecule has 0 saturated carbocycles. The Bertz CT molecular complexity index is 684. The predicted octanol–water partition coefficient (Wildman–Crippen LogP) is 3.24. The molecule has 1 atom stereocenters. The van der Waals surface area contributed by atoms with Crippen LogP contribution in [0.2, 0.25) is 0 Å². The largest absolute Gasteiger partial charge is 0.350 e. The maximum absolute atomic E-state index is 13.8. The molecule has 4 nitrogen and oxygen atoms in total. The normalized spacial score (nSPS) is 17.2. The summed E-state index contributed by atoms with van der Waals surface area (Å²) in [6, 6.07) is 3.65. The zero-order valence-electron chi connectivity index (χ0n) is 12.9. The van der Waals surface area contributed by atoms with Crippen LogP contribution in [0.25, 0.3) is 10.6 Å². The van der Waals surface area contributed by atoms with Gasteiger partial charge < -0.3 is 10.6 Å². The summed E-state index contributed by atoms with van der Waals surface area (Å²) in [6.07, 6.45) is 2.18. The highest BCUT2D eigenvalue weighted by atomic mass is 35.5. The van der Waals surface area contributed by atoms with Gasteiger partial charge in [-0.3, -0.25) is 4.79 Å². The van der Waals surface area contributed by atoms with Crippen molar-refractivity contribution in [3.63, 3.8) is 0 Å². The van der Waals surface area contributed by atoms with Crippen molar-refractivity contribution in [3.8, 4) is 10.6 Å². The van der Waals surface area contributed by atoms with Crippen molar-refractivity contribution in [1.82, 2.24) is 15.6 Å². The Morgan fingerprint density at radius 3 is 2.79 bits per heavy atom. The van der Waals surface area contributed by atoms with Gasteiger partial charge >= 0.3 is 0 Å². The molecule has 2 heterocycles. The molecule has 8 heteroatoms. The van der Waals surface area contributed by atoms with E-state index in [-0.39, 0.29) is 34.6 Å². The molecule has 1 aliphatic rings. The number of nitrogens with one attached hydrogen (secondary N) is 2. The Hall–Kier alpha value is -1.57. The third-order valence-electron chi connectivity index (χ3n) is 3.86. The Morgan fingerprint density at radius 2 is 2.12 bits per heavy atom. The van der Waals surface area contributed by atoms with Crippen LogP contribution in [0.15, 0.2) is 23.6 Å². The van der Waals surface area contributed by atoms with Gasteiger partial charge in [-0.1, -0.05) is 6.07 Å². The molecule has 24 heavy (non-hydrogen) atoms. The van der Waals surface area contributed by atoms with Crippen LogP contribution in [0.5, 0.6) is 0 Å². The summed E-state index contributed by atoms with van der Waals surface area (Å²) in [5.41, 5.74) is 0.00412. The third-order valence-corrected chi connectivity index (χ3v) is 4.72. The lowest BCUT2D eigenvalue weighted by Gasteiger charge is -2.22. The van der Waals surface area contributed by atoms with E-state index in [0.29, 0.717) is 12.5 Å². The minimum absolute atomic E-state index is 0. The van der Waals surface area contributed by atoms with Gasteiger partial charge in [0.15, 0.2) is 0 Å². The summed E-state index contributed by atoms with van der Waals surface area (Å²) >= 11 is 1.06. The lowest BCUT2D eigenvalue weighted by molar-refractivity contribution is 0.0940. The number of aromatic nitrogens is 1. The number of hydrogen-bond acceptors (Lipinski definition) is 4. The summed E-state index contributed by atoms with van der Waals surface area (Å²) in [6.45, 7) is 2.49. The van der Waals surface area contributed by atoms with E-state index in [1.54, 1.807) is 0 Å². The fourth-order valence-electron chi connectivity index (χ4n) is 2.62. The predicted molar refractivity (Wildman–Crippen MR) is 92.6 cm³/mol. The van der Waals surface area contributed by atoms with E-state index in [2.05, 4.69) is 15.6 Å². The van der Waals surface area contributed by atoms with Crippen LogP contribution in [0.3, 0.4) is 0 Å². The molecule has 1 fully saturated rings. The van der Waals surface area contributed by atoms with Gasteiger partial charge in [-0.05, 0) is 44.0 Å². The second kappa shape index (κ2) is 8.50. The number of thiazole rings is 1. The number of rotatable bonds is 4. The lowest BCUT2D eigenvalue weighted by Crippen LogP contribution is -2.38. The maximum atomic E-state index is 13.8. The highest BCUT2D eigenvalue weighted by Gasteiger charge is 2.19. The van der Waals surface area contributed by atoms with E-state index in [0.717, 1.165) is 37.3 Å². The van der Waals surface area contributed by atoms with Gasteiger partial charge in [-0.2, -0.15) is 0 Å². The first-order valence-corrected chi connectivity index (χ1v) is 8.42. The van der Waals surface area contributed by atoms with Crippen molar-refractivity contribution in [2.75, 3.05) is 19.6 Å². The molecule has 1 aromatic carbocycles. The maximum Gasteiger partial charge on any atom is 0.270 e. The van der Waals surface area contributed by atoms with E-state index < -0.39 is 11.6 Å². The number of hydrogen-bond donors (Lipinski definition) is 2. The minimum atomic E-state index is -0.681. The minimum Gasteiger partial charge on any atom is -0.350 e. The zero-order valence-corrected chi connectivity index (χ0v) is 14.5. The Labute approximate surface area is 149 Å². The molecule has 0 spiro atoms. The van der Waals surface area contributed by atoms with Crippen molar-refractivity contribution in [2.45, 2.75) is 12.8 Å². The summed E-state index contributed by atoms with van der Waals surface area (Å²) in [5, 5.41) is 7.82. The van der Waals surface area contributed by atoms with Crippen LogP contribution in [0.4, 0.5) is 8.78 Å². The molecular weight excluding hydrogens is 356 g/mol.